The van der Waals surface area contributed by atoms with Crippen molar-refractivity contribution >= 4 is 15.9 Å². The first-order valence-electron chi connectivity index (χ1n) is 9.26. The molecule has 0 aromatic heterocycles. The Hall–Kier alpha value is -2.18. The molecule has 1 heterocycles. The van der Waals surface area contributed by atoms with Gasteiger partial charge in [-0.2, -0.15) is 4.31 Å². The summed E-state index contributed by atoms with van der Waals surface area (Å²) < 4.78 is 28.1. The number of amides is 1. The van der Waals surface area contributed by atoms with E-state index in [1.165, 1.54) is 0 Å². The lowest BCUT2D eigenvalue weighted by Crippen LogP contribution is -2.44. The van der Waals surface area contributed by atoms with Crippen LogP contribution in [0.15, 0.2) is 54.6 Å². The summed E-state index contributed by atoms with van der Waals surface area (Å²) in [7, 11) is -1.82. The maximum Gasteiger partial charge on any atom is 0.224 e. The first kappa shape index (κ1) is 19.6. The Morgan fingerprint density at radius 1 is 1.04 bits per heavy atom. The van der Waals surface area contributed by atoms with Gasteiger partial charge in [-0.15, -0.1) is 0 Å². The molecule has 6 heteroatoms. The molecule has 1 aliphatic rings. The first-order chi connectivity index (χ1) is 12.9. The molecule has 0 bridgehead atoms. The summed E-state index contributed by atoms with van der Waals surface area (Å²) in [6, 6.07) is 17.0. The fourth-order valence-corrected chi connectivity index (χ4v) is 5.77. The van der Waals surface area contributed by atoms with E-state index in [1.807, 2.05) is 61.5 Å². The van der Waals surface area contributed by atoms with Crippen LogP contribution in [0.2, 0.25) is 0 Å². The highest BCUT2D eigenvalue weighted by Crippen LogP contribution is 2.37. The summed E-state index contributed by atoms with van der Waals surface area (Å²) in [6.45, 7) is 2.33. The van der Waals surface area contributed by atoms with Crippen molar-refractivity contribution in [2.45, 2.75) is 44.0 Å². The number of nitrogens with zero attached hydrogens (tertiary/aromatic N) is 1. The van der Waals surface area contributed by atoms with Gasteiger partial charge in [0.2, 0.25) is 15.9 Å². The van der Waals surface area contributed by atoms with Crippen LogP contribution in [-0.4, -0.2) is 31.7 Å². The van der Waals surface area contributed by atoms with Crippen molar-refractivity contribution in [2.24, 2.45) is 0 Å². The van der Waals surface area contributed by atoms with Gasteiger partial charge in [0.25, 0.3) is 0 Å². The van der Waals surface area contributed by atoms with Gasteiger partial charge in [-0.05, 0) is 36.5 Å². The number of nitrogens with one attached hydrogen (secondary N) is 1. The van der Waals surface area contributed by atoms with Gasteiger partial charge < -0.3 is 5.32 Å². The number of rotatable bonds is 5. The lowest BCUT2D eigenvalue weighted by molar-refractivity contribution is -0.119. The Bertz CT molecular complexity index is 879. The van der Waals surface area contributed by atoms with Crippen LogP contribution in [0.3, 0.4) is 0 Å². The standard InChI is InChI=1S/C21H26N2O3S/c1-16-8-13-20(19-6-4-3-5-7-19)27(25,26)23(16)15-18-11-9-17(10-12-18)14-21(24)22-2/h3-7,9-12,16,20H,8,13-15H2,1-2H3,(H,22,24)/t16-,20?/m0/s1. The van der Waals surface area contributed by atoms with Gasteiger partial charge in [-0.25, -0.2) is 8.42 Å². The molecule has 1 unspecified atom stereocenters. The Balaban J connectivity index is 1.79. The van der Waals surface area contributed by atoms with Gasteiger partial charge in [0, 0.05) is 19.6 Å². The van der Waals surface area contributed by atoms with Crippen molar-refractivity contribution in [1.29, 1.82) is 0 Å². The predicted molar refractivity (Wildman–Crippen MR) is 107 cm³/mol. The Morgan fingerprint density at radius 2 is 1.67 bits per heavy atom. The van der Waals surface area contributed by atoms with Crippen LogP contribution in [-0.2, 0) is 27.8 Å². The smallest absolute Gasteiger partial charge is 0.224 e. The SMILES string of the molecule is CNC(=O)Cc1ccc(CN2[C@@H](C)CCC(c3ccccc3)S2(=O)=O)cc1. The first-order valence-corrected chi connectivity index (χ1v) is 10.8. The lowest BCUT2D eigenvalue weighted by Gasteiger charge is -2.37. The molecule has 2 atom stereocenters. The van der Waals surface area contributed by atoms with Crippen LogP contribution < -0.4 is 5.32 Å². The van der Waals surface area contributed by atoms with E-state index < -0.39 is 15.3 Å². The molecule has 27 heavy (non-hydrogen) atoms. The molecular formula is C21H26N2O3S. The maximum atomic E-state index is 13.3. The minimum Gasteiger partial charge on any atom is -0.359 e. The van der Waals surface area contributed by atoms with Gasteiger partial charge >= 0.3 is 0 Å². The summed E-state index contributed by atoms with van der Waals surface area (Å²) in [5.74, 6) is -0.0410. The van der Waals surface area contributed by atoms with E-state index in [-0.39, 0.29) is 11.9 Å². The fraction of sp³-hybridized carbons (Fsp3) is 0.381. The largest absolute Gasteiger partial charge is 0.359 e. The van der Waals surface area contributed by atoms with Crippen molar-refractivity contribution in [3.8, 4) is 0 Å². The molecule has 0 saturated carbocycles. The van der Waals surface area contributed by atoms with Crippen molar-refractivity contribution in [3.05, 3.63) is 71.3 Å². The Labute approximate surface area is 161 Å². The summed E-state index contributed by atoms with van der Waals surface area (Å²) in [6.07, 6.45) is 1.81. The number of likely N-dealkylation sites (N-methyl/N-ethyl adjacent to an activating group) is 1. The second kappa shape index (κ2) is 8.23. The monoisotopic (exact) mass is 386 g/mol. The van der Waals surface area contributed by atoms with Gasteiger partial charge in [0.1, 0.15) is 5.25 Å². The van der Waals surface area contributed by atoms with Crippen LogP contribution in [0.5, 0.6) is 0 Å². The van der Waals surface area contributed by atoms with Gasteiger partial charge in [-0.3, -0.25) is 4.79 Å². The fourth-order valence-electron chi connectivity index (χ4n) is 3.57. The van der Waals surface area contributed by atoms with E-state index in [0.29, 0.717) is 19.4 Å². The average Bonchev–Trinajstić information content (AvgIpc) is 2.67. The molecule has 2 aromatic rings. The third kappa shape index (κ3) is 4.39. The number of hydrogen-bond acceptors (Lipinski definition) is 3. The van der Waals surface area contributed by atoms with E-state index in [9.17, 15) is 13.2 Å². The van der Waals surface area contributed by atoms with Crippen LogP contribution in [0, 0.1) is 0 Å². The molecule has 3 rings (SSSR count). The summed E-state index contributed by atoms with van der Waals surface area (Å²) >= 11 is 0. The molecule has 0 spiro atoms. The van der Waals surface area contributed by atoms with Crippen molar-refractivity contribution in [2.75, 3.05) is 7.05 Å². The zero-order valence-corrected chi connectivity index (χ0v) is 16.6. The average molecular weight is 387 g/mol. The van der Waals surface area contributed by atoms with E-state index in [0.717, 1.165) is 23.1 Å². The molecule has 5 nitrogen and oxygen atoms in total. The summed E-state index contributed by atoms with van der Waals surface area (Å²) in [4.78, 5) is 11.5. The zero-order chi connectivity index (χ0) is 19.4. The van der Waals surface area contributed by atoms with Crippen LogP contribution >= 0.6 is 0 Å². The topological polar surface area (TPSA) is 66.5 Å². The molecular weight excluding hydrogens is 360 g/mol. The molecule has 1 saturated heterocycles. The molecule has 1 fully saturated rings. The second-order valence-corrected chi connectivity index (χ2v) is 9.15. The van der Waals surface area contributed by atoms with E-state index in [1.54, 1.807) is 11.4 Å². The number of hydrogen-bond donors (Lipinski definition) is 1. The molecule has 1 aliphatic heterocycles. The molecule has 1 amide bonds. The van der Waals surface area contributed by atoms with Crippen molar-refractivity contribution in [1.82, 2.24) is 9.62 Å². The quantitative estimate of drug-likeness (QED) is 0.859. The highest BCUT2D eigenvalue weighted by Gasteiger charge is 2.40. The van der Waals surface area contributed by atoms with Crippen LogP contribution in [0.4, 0.5) is 0 Å². The van der Waals surface area contributed by atoms with Crippen molar-refractivity contribution < 1.29 is 13.2 Å². The second-order valence-electron chi connectivity index (χ2n) is 7.08. The molecule has 0 aliphatic carbocycles. The molecule has 0 radical (unpaired) electrons. The van der Waals surface area contributed by atoms with E-state index in [2.05, 4.69) is 5.32 Å². The Kier molecular flexibility index (Phi) is 5.97. The normalized spacial score (nSPS) is 22.3. The van der Waals surface area contributed by atoms with Gasteiger partial charge in [0.15, 0.2) is 0 Å². The minimum atomic E-state index is -3.43. The third-order valence-electron chi connectivity index (χ3n) is 5.20. The zero-order valence-electron chi connectivity index (χ0n) is 15.8. The molecule has 2 aromatic carbocycles. The van der Waals surface area contributed by atoms with Crippen molar-refractivity contribution in [3.63, 3.8) is 0 Å². The molecule has 1 N–H and O–H groups in total. The van der Waals surface area contributed by atoms with Gasteiger partial charge in [0.05, 0.1) is 6.42 Å². The summed E-state index contributed by atoms with van der Waals surface area (Å²) in [5.41, 5.74) is 2.70. The predicted octanol–water partition coefficient (Wildman–Crippen LogP) is 3.03. The highest BCUT2D eigenvalue weighted by atomic mass is 32.2. The molecule has 144 valence electrons. The number of benzene rings is 2. The lowest BCUT2D eigenvalue weighted by atomic mass is 10.0. The van der Waals surface area contributed by atoms with E-state index >= 15 is 0 Å². The number of carbonyl (C=O) groups is 1. The van der Waals surface area contributed by atoms with Crippen LogP contribution in [0.1, 0.15) is 41.7 Å². The number of carbonyl (C=O) groups excluding carboxylic acids is 1. The maximum absolute atomic E-state index is 13.3. The highest BCUT2D eigenvalue weighted by molar-refractivity contribution is 7.89. The van der Waals surface area contributed by atoms with Gasteiger partial charge in [-0.1, -0.05) is 54.6 Å². The van der Waals surface area contributed by atoms with Crippen LogP contribution in [0.25, 0.3) is 0 Å². The Morgan fingerprint density at radius 3 is 2.30 bits per heavy atom. The number of sulfonamides is 1. The minimum absolute atomic E-state index is 0.0273. The van der Waals surface area contributed by atoms with E-state index in [4.69, 9.17) is 0 Å². The summed E-state index contributed by atoms with van der Waals surface area (Å²) in [5, 5.41) is 2.12. The third-order valence-corrected chi connectivity index (χ3v) is 7.57.